The van der Waals surface area contributed by atoms with E-state index in [1.54, 1.807) is 4.31 Å². The summed E-state index contributed by atoms with van der Waals surface area (Å²) in [5.74, 6) is 0.524. The molecule has 1 N–H and O–H groups in total. The van der Waals surface area contributed by atoms with Gasteiger partial charge in [0.25, 0.3) is 10.2 Å². The van der Waals surface area contributed by atoms with Crippen LogP contribution >= 0.6 is 0 Å². The Balaban J connectivity index is 0.000000742. The molecule has 3 aliphatic rings. The van der Waals surface area contributed by atoms with Gasteiger partial charge in [0.1, 0.15) is 0 Å². The molecule has 1 saturated heterocycles. The number of benzene rings is 1. The zero-order valence-corrected chi connectivity index (χ0v) is 18.8. The third-order valence-electron chi connectivity index (χ3n) is 5.46. The Morgan fingerprint density at radius 3 is 1.93 bits per heavy atom. The number of nitrogens with zero attached hydrogens (tertiary/aromatic N) is 1. The van der Waals surface area contributed by atoms with Crippen molar-refractivity contribution in [3.05, 3.63) is 50.7 Å². The molecular weight excluding hydrogens is 400 g/mol. The molecule has 156 valence electrons. The van der Waals surface area contributed by atoms with E-state index in [0.717, 1.165) is 18.4 Å². The van der Waals surface area contributed by atoms with Crippen molar-refractivity contribution in [1.82, 2.24) is 9.03 Å². The molecule has 0 bridgehead atoms. The first kappa shape index (κ1) is 26.6. The van der Waals surface area contributed by atoms with E-state index in [0.29, 0.717) is 19.0 Å². The summed E-state index contributed by atoms with van der Waals surface area (Å²) in [5.41, 5.74) is 1.04. The van der Waals surface area contributed by atoms with E-state index in [9.17, 15) is 8.42 Å². The molecule has 0 unspecified atom stereocenters. The van der Waals surface area contributed by atoms with Gasteiger partial charge in [0.05, 0.1) is 0 Å². The van der Waals surface area contributed by atoms with E-state index in [1.807, 2.05) is 30.3 Å². The number of hydrogen-bond acceptors (Lipinski definition) is 2. The van der Waals surface area contributed by atoms with Crippen LogP contribution in [0.2, 0.25) is 0 Å². The van der Waals surface area contributed by atoms with E-state index in [1.165, 1.54) is 44.9 Å². The van der Waals surface area contributed by atoms with Crippen molar-refractivity contribution in [1.29, 1.82) is 0 Å². The molecule has 27 heavy (non-hydrogen) atoms. The molecule has 1 heterocycles. The van der Waals surface area contributed by atoms with E-state index in [-0.39, 0.29) is 38.0 Å². The molecular formula is C21H36FeN2O2S. The Labute approximate surface area is 178 Å². The van der Waals surface area contributed by atoms with Crippen LogP contribution < -0.4 is 4.72 Å². The first-order valence-electron chi connectivity index (χ1n) is 9.46. The number of hydrogen-bond donors (Lipinski definition) is 1. The normalized spacial score (nSPS) is 24.1. The molecule has 0 aromatic heterocycles. The maximum atomic E-state index is 12.1. The smallest absolute Gasteiger partial charge is 0.358 e. The Bertz CT molecular complexity index is 592. The fourth-order valence-corrected chi connectivity index (χ4v) is 5.52. The standard InChI is InChI=1S/C14H20N2O2S.C5H10.2CH3.Fe/c17-19(18)15-14(13-8-4-5-9-13)11-16(19)10-12-6-2-1-3-7-12;1-2-4-5-3-1;;;/h1-3,6-7,13-15H,4-5,8-11H2;1-5H2;2*1H3;/q;;2*-1;+2/t14-;;;;/m1..../s1. The van der Waals surface area contributed by atoms with Crippen molar-refractivity contribution in [2.45, 2.75) is 70.4 Å². The van der Waals surface area contributed by atoms with Gasteiger partial charge in [-0.1, -0.05) is 75.3 Å². The topological polar surface area (TPSA) is 49.4 Å². The largest absolute Gasteiger partial charge is 2.00 e. The van der Waals surface area contributed by atoms with Gasteiger partial charge in [0.2, 0.25) is 0 Å². The van der Waals surface area contributed by atoms with E-state index < -0.39 is 10.2 Å². The zero-order valence-electron chi connectivity index (χ0n) is 16.8. The van der Waals surface area contributed by atoms with Crippen molar-refractivity contribution in [3.63, 3.8) is 0 Å². The van der Waals surface area contributed by atoms with Crippen molar-refractivity contribution < 1.29 is 25.5 Å². The third-order valence-corrected chi connectivity index (χ3v) is 7.02. The summed E-state index contributed by atoms with van der Waals surface area (Å²) in [6.45, 7) is 1.08. The molecule has 0 spiro atoms. The van der Waals surface area contributed by atoms with Crippen molar-refractivity contribution in [3.8, 4) is 0 Å². The van der Waals surface area contributed by atoms with Crippen LogP contribution in [0.15, 0.2) is 30.3 Å². The minimum atomic E-state index is -3.29. The van der Waals surface area contributed by atoms with E-state index >= 15 is 0 Å². The van der Waals surface area contributed by atoms with Crippen LogP contribution in [0.5, 0.6) is 0 Å². The molecule has 0 amide bonds. The fourth-order valence-electron chi connectivity index (χ4n) is 4.05. The van der Waals surface area contributed by atoms with Crippen LogP contribution in [0.3, 0.4) is 0 Å². The average Bonchev–Trinajstić information content (AvgIpc) is 3.32. The van der Waals surface area contributed by atoms with Crippen molar-refractivity contribution >= 4 is 10.2 Å². The van der Waals surface area contributed by atoms with Crippen molar-refractivity contribution in [2.75, 3.05) is 6.54 Å². The summed E-state index contributed by atoms with van der Waals surface area (Å²) in [5, 5.41) is 0. The molecule has 1 aromatic rings. The van der Waals surface area contributed by atoms with Crippen LogP contribution in [0.25, 0.3) is 0 Å². The fraction of sp³-hybridized carbons (Fsp3) is 0.619. The maximum Gasteiger partial charge on any atom is 2.00 e. The van der Waals surface area contributed by atoms with Gasteiger partial charge in [-0.2, -0.15) is 17.4 Å². The summed E-state index contributed by atoms with van der Waals surface area (Å²) in [6.07, 6.45) is 12.3. The second kappa shape index (κ2) is 12.9. The Hall–Kier alpha value is -0.391. The van der Waals surface area contributed by atoms with Crippen molar-refractivity contribution in [2.24, 2.45) is 5.92 Å². The zero-order chi connectivity index (χ0) is 16.8. The Morgan fingerprint density at radius 1 is 0.889 bits per heavy atom. The molecule has 1 aliphatic heterocycles. The number of rotatable bonds is 3. The predicted octanol–water partition coefficient (Wildman–Crippen LogP) is 4.74. The van der Waals surface area contributed by atoms with Crippen LogP contribution in [0, 0.1) is 20.8 Å². The summed E-state index contributed by atoms with van der Waals surface area (Å²) in [6, 6.07) is 9.88. The average molecular weight is 436 g/mol. The Morgan fingerprint density at radius 2 is 1.41 bits per heavy atom. The van der Waals surface area contributed by atoms with Gasteiger partial charge >= 0.3 is 17.1 Å². The molecule has 3 fully saturated rings. The van der Waals surface area contributed by atoms with Crippen LogP contribution in [0.1, 0.15) is 63.4 Å². The predicted molar refractivity (Wildman–Crippen MR) is 111 cm³/mol. The molecule has 6 heteroatoms. The van der Waals surface area contributed by atoms with E-state index in [2.05, 4.69) is 4.72 Å². The van der Waals surface area contributed by atoms with Gasteiger partial charge in [-0.3, -0.25) is 0 Å². The Kier molecular flexibility index (Phi) is 12.8. The van der Waals surface area contributed by atoms with Gasteiger partial charge in [-0.05, 0) is 24.3 Å². The third kappa shape index (κ3) is 7.86. The molecule has 4 rings (SSSR count). The van der Waals surface area contributed by atoms with E-state index in [4.69, 9.17) is 0 Å². The molecule has 2 aliphatic carbocycles. The van der Waals surface area contributed by atoms with Gasteiger partial charge in [0.15, 0.2) is 0 Å². The summed E-state index contributed by atoms with van der Waals surface area (Å²) in [7, 11) is -3.29. The molecule has 1 aromatic carbocycles. The minimum Gasteiger partial charge on any atom is -0.358 e. The van der Waals surface area contributed by atoms with Crippen LogP contribution in [-0.2, 0) is 33.8 Å². The first-order chi connectivity index (χ1) is 11.6. The second-order valence-electron chi connectivity index (χ2n) is 7.32. The van der Waals surface area contributed by atoms with Gasteiger partial charge in [0, 0.05) is 19.1 Å². The molecule has 0 radical (unpaired) electrons. The summed E-state index contributed by atoms with van der Waals surface area (Å²) >= 11 is 0. The SMILES string of the molecule is C1CCCC1.O=S1(=O)N[C@@H](C2CCCC2)CN1Cc1ccccc1.[CH3-].[CH3-].[Fe+2]. The van der Waals surface area contributed by atoms with Gasteiger partial charge in [-0.25, -0.2) is 0 Å². The van der Waals surface area contributed by atoms with Crippen LogP contribution in [0.4, 0.5) is 0 Å². The quantitative estimate of drug-likeness (QED) is 0.550. The summed E-state index contributed by atoms with van der Waals surface area (Å²) in [4.78, 5) is 0. The monoisotopic (exact) mass is 436 g/mol. The van der Waals surface area contributed by atoms with Crippen LogP contribution in [-0.4, -0.2) is 25.3 Å². The van der Waals surface area contributed by atoms with Gasteiger partial charge in [-0.15, -0.1) is 0 Å². The molecule has 4 nitrogen and oxygen atoms in total. The molecule has 2 saturated carbocycles. The molecule has 1 atom stereocenters. The maximum absolute atomic E-state index is 12.1. The van der Waals surface area contributed by atoms with Gasteiger partial charge < -0.3 is 14.9 Å². The first-order valence-corrected chi connectivity index (χ1v) is 10.9. The minimum absolute atomic E-state index is 0. The summed E-state index contributed by atoms with van der Waals surface area (Å²) < 4.78 is 28.7. The number of nitrogens with one attached hydrogen (secondary N) is 1. The second-order valence-corrected chi connectivity index (χ2v) is 9.02.